The van der Waals surface area contributed by atoms with E-state index in [2.05, 4.69) is 0 Å². The van der Waals surface area contributed by atoms with E-state index in [0.29, 0.717) is 11.3 Å². The second-order valence-electron chi connectivity index (χ2n) is 4.62. The van der Waals surface area contributed by atoms with Crippen molar-refractivity contribution >= 4 is 17.4 Å². The van der Waals surface area contributed by atoms with Crippen LogP contribution in [0.15, 0.2) is 12.1 Å². The van der Waals surface area contributed by atoms with E-state index in [0.717, 1.165) is 11.1 Å². The van der Waals surface area contributed by atoms with Crippen LogP contribution in [0.25, 0.3) is 0 Å². The van der Waals surface area contributed by atoms with Crippen LogP contribution in [0.2, 0.25) is 0 Å². The molecule has 0 radical (unpaired) electrons. The molecule has 0 unspecified atom stereocenters. The van der Waals surface area contributed by atoms with Gasteiger partial charge in [-0.15, -0.1) is 0 Å². The van der Waals surface area contributed by atoms with Gasteiger partial charge in [0.1, 0.15) is 0 Å². The first kappa shape index (κ1) is 13.7. The van der Waals surface area contributed by atoms with Crippen molar-refractivity contribution in [3.8, 4) is 0 Å². The summed E-state index contributed by atoms with van der Waals surface area (Å²) < 4.78 is 10.2. The lowest BCUT2D eigenvalue weighted by molar-refractivity contribution is -0.119. The van der Waals surface area contributed by atoms with Gasteiger partial charge in [0.25, 0.3) is 11.7 Å². The fourth-order valence-electron chi connectivity index (χ4n) is 2.37. The van der Waals surface area contributed by atoms with Gasteiger partial charge >= 0.3 is 0 Å². The summed E-state index contributed by atoms with van der Waals surface area (Å²) in [5.74, 6) is -0.985. The van der Waals surface area contributed by atoms with Crippen molar-refractivity contribution in [1.82, 2.24) is 0 Å². The summed E-state index contributed by atoms with van der Waals surface area (Å²) in [5.41, 5.74) is 2.96. The van der Waals surface area contributed by atoms with Crippen molar-refractivity contribution in [2.75, 3.05) is 25.7 Å². The first-order valence-electron chi connectivity index (χ1n) is 6.02. The monoisotopic (exact) mass is 263 g/mol. The van der Waals surface area contributed by atoms with Gasteiger partial charge in [0.05, 0.1) is 17.8 Å². The highest BCUT2D eigenvalue weighted by atomic mass is 16.7. The molecule has 5 heteroatoms. The number of ether oxygens (including phenoxy) is 2. The van der Waals surface area contributed by atoms with Crippen LogP contribution in [0.3, 0.4) is 0 Å². The zero-order chi connectivity index (χ0) is 14.2. The molecule has 0 saturated heterocycles. The number of rotatable bonds is 4. The van der Waals surface area contributed by atoms with Crippen molar-refractivity contribution < 1.29 is 19.1 Å². The molecule has 0 aliphatic carbocycles. The summed E-state index contributed by atoms with van der Waals surface area (Å²) in [6.07, 6.45) is -0.552. The zero-order valence-electron chi connectivity index (χ0n) is 11.5. The van der Waals surface area contributed by atoms with Gasteiger partial charge in [-0.05, 0) is 31.0 Å². The number of benzene rings is 1. The Morgan fingerprint density at radius 3 is 2.37 bits per heavy atom. The largest absolute Gasteiger partial charge is 0.354 e. The molecule has 19 heavy (non-hydrogen) atoms. The summed E-state index contributed by atoms with van der Waals surface area (Å²) in [4.78, 5) is 25.5. The van der Waals surface area contributed by atoms with Gasteiger partial charge in [-0.3, -0.25) is 14.5 Å². The number of amides is 1. The summed E-state index contributed by atoms with van der Waals surface area (Å²) >= 11 is 0. The van der Waals surface area contributed by atoms with Gasteiger partial charge in [-0.1, -0.05) is 6.07 Å². The lowest BCUT2D eigenvalue weighted by Gasteiger charge is -2.22. The molecule has 1 aliphatic rings. The average Bonchev–Trinajstić information content (AvgIpc) is 2.60. The van der Waals surface area contributed by atoms with E-state index >= 15 is 0 Å². The van der Waals surface area contributed by atoms with Crippen LogP contribution < -0.4 is 4.90 Å². The average molecular weight is 263 g/mol. The van der Waals surface area contributed by atoms with Crippen LogP contribution in [0, 0.1) is 13.8 Å². The van der Waals surface area contributed by atoms with E-state index in [-0.39, 0.29) is 6.54 Å². The number of aryl methyl sites for hydroxylation is 2. The molecule has 1 heterocycles. The lowest BCUT2D eigenvalue weighted by Crippen LogP contribution is -2.38. The number of hydrogen-bond donors (Lipinski definition) is 0. The normalized spacial score (nSPS) is 14.5. The molecule has 1 aromatic carbocycles. The summed E-state index contributed by atoms with van der Waals surface area (Å²) in [6, 6.07) is 3.74. The molecule has 0 saturated carbocycles. The third-order valence-corrected chi connectivity index (χ3v) is 3.27. The van der Waals surface area contributed by atoms with Crippen LogP contribution in [-0.2, 0) is 14.3 Å². The minimum atomic E-state index is -0.552. The fraction of sp³-hybridized carbons (Fsp3) is 0.429. The lowest BCUT2D eigenvalue weighted by atomic mass is 10.0. The number of carbonyl (C=O) groups is 2. The Hall–Kier alpha value is -1.72. The van der Waals surface area contributed by atoms with Crippen molar-refractivity contribution in [2.45, 2.75) is 20.1 Å². The van der Waals surface area contributed by atoms with Gasteiger partial charge in [0, 0.05) is 14.2 Å². The van der Waals surface area contributed by atoms with Crippen LogP contribution in [0.4, 0.5) is 5.69 Å². The molecule has 0 N–H and O–H groups in total. The number of Topliss-reactive ketones (excluding diaryl/α,β-unsaturated/α-hetero) is 1. The predicted molar refractivity (Wildman–Crippen MR) is 70.4 cm³/mol. The van der Waals surface area contributed by atoms with Crippen molar-refractivity contribution in [3.63, 3.8) is 0 Å². The van der Waals surface area contributed by atoms with Gasteiger partial charge in [0.15, 0.2) is 6.29 Å². The van der Waals surface area contributed by atoms with Gasteiger partial charge in [0.2, 0.25) is 0 Å². The third-order valence-electron chi connectivity index (χ3n) is 3.27. The molecular formula is C14H17NO4. The van der Waals surface area contributed by atoms with E-state index in [1.54, 1.807) is 0 Å². The Morgan fingerprint density at radius 2 is 1.79 bits per heavy atom. The zero-order valence-corrected chi connectivity index (χ0v) is 11.5. The Kier molecular flexibility index (Phi) is 3.68. The summed E-state index contributed by atoms with van der Waals surface area (Å²) in [7, 11) is 3.00. The minimum absolute atomic E-state index is 0.202. The Labute approximate surface area is 112 Å². The molecule has 0 fully saturated rings. The van der Waals surface area contributed by atoms with Crippen LogP contribution >= 0.6 is 0 Å². The maximum Gasteiger partial charge on any atom is 0.299 e. The molecule has 0 spiro atoms. The molecule has 5 nitrogen and oxygen atoms in total. The molecule has 102 valence electrons. The van der Waals surface area contributed by atoms with E-state index in [9.17, 15) is 9.59 Å². The number of carbonyl (C=O) groups excluding carboxylic acids is 2. The smallest absolute Gasteiger partial charge is 0.299 e. The molecule has 2 rings (SSSR count). The number of nitrogens with zero attached hydrogens (tertiary/aromatic N) is 1. The molecular weight excluding hydrogens is 246 g/mol. The predicted octanol–water partition coefficient (Wildman–Crippen LogP) is 1.45. The molecule has 1 amide bonds. The first-order valence-corrected chi connectivity index (χ1v) is 6.02. The maximum atomic E-state index is 12.1. The van der Waals surface area contributed by atoms with Gasteiger partial charge in [-0.25, -0.2) is 0 Å². The van der Waals surface area contributed by atoms with E-state index < -0.39 is 18.0 Å². The standard InChI is InChI=1S/C14H17NO4/c1-8-5-9(2)12-10(6-8)15(14(17)13(12)16)7-11(18-3)19-4/h5-6,11H,7H2,1-4H3. The summed E-state index contributed by atoms with van der Waals surface area (Å²) in [5, 5.41) is 0. The van der Waals surface area contributed by atoms with Crippen molar-refractivity contribution in [1.29, 1.82) is 0 Å². The third kappa shape index (κ3) is 2.27. The second-order valence-corrected chi connectivity index (χ2v) is 4.62. The molecule has 1 aromatic rings. The second kappa shape index (κ2) is 5.11. The Bertz CT molecular complexity index is 534. The molecule has 0 atom stereocenters. The number of methoxy groups -OCH3 is 2. The Balaban J connectivity index is 2.44. The maximum absolute atomic E-state index is 12.1. The van der Waals surface area contributed by atoms with Crippen molar-refractivity contribution in [3.05, 3.63) is 28.8 Å². The van der Waals surface area contributed by atoms with Gasteiger partial charge in [-0.2, -0.15) is 0 Å². The van der Waals surface area contributed by atoms with E-state index in [1.807, 2.05) is 26.0 Å². The minimum Gasteiger partial charge on any atom is -0.354 e. The highest BCUT2D eigenvalue weighted by Crippen LogP contribution is 2.32. The number of hydrogen-bond acceptors (Lipinski definition) is 4. The molecule has 1 aliphatic heterocycles. The highest BCUT2D eigenvalue weighted by molar-refractivity contribution is 6.52. The van der Waals surface area contributed by atoms with Crippen LogP contribution in [0.5, 0.6) is 0 Å². The van der Waals surface area contributed by atoms with E-state index in [4.69, 9.17) is 9.47 Å². The van der Waals surface area contributed by atoms with Crippen molar-refractivity contribution in [2.24, 2.45) is 0 Å². The molecule has 0 bridgehead atoms. The number of anilines is 1. The highest BCUT2D eigenvalue weighted by Gasteiger charge is 2.38. The SMILES string of the molecule is COC(CN1C(=O)C(=O)c2c(C)cc(C)cc21)OC. The number of ketones is 1. The van der Waals surface area contributed by atoms with E-state index in [1.165, 1.54) is 19.1 Å². The fourth-order valence-corrected chi connectivity index (χ4v) is 2.37. The quantitative estimate of drug-likeness (QED) is 0.609. The first-order chi connectivity index (χ1) is 8.99. The Morgan fingerprint density at radius 1 is 1.16 bits per heavy atom. The van der Waals surface area contributed by atoms with Crippen LogP contribution in [0.1, 0.15) is 21.5 Å². The van der Waals surface area contributed by atoms with Crippen LogP contribution in [-0.4, -0.2) is 38.7 Å². The molecule has 0 aromatic heterocycles. The van der Waals surface area contributed by atoms with Gasteiger partial charge < -0.3 is 9.47 Å². The summed E-state index contributed by atoms with van der Waals surface area (Å²) in [6.45, 7) is 3.97. The topological polar surface area (TPSA) is 55.8 Å². The number of fused-ring (bicyclic) bond motifs is 1.